The Morgan fingerprint density at radius 2 is 1.78 bits per heavy atom. The van der Waals surface area contributed by atoms with Crippen molar-refractivity contribution in [2.75, 3.05) is 36.5 Å². The van der Waals surface area contributed by atoms with Crippen LogP contribution in [0.15, 0.2) is 53.3 Å². The van der Waals surface area contributed by atoms with Crippen LogP contribution in [0.5, 0.6) is 0 Å². The highest BCUT2D eigenvalue weighted by Crippen LogP contribution is 2.38. The molecule has 2 aliphatic rings. The van der Waals surface area contributed by atoms with Gasteiger partial charge in [-0.05, 0) is 30.3 Å². The first kappa shape index (κ1) is 16.1. The normalized spacial score (nSPS) is 15.8. The van der Waals surface area contributed by atoms with Gasteiger partial charge in [0.05, 0.1) is 24.5 Å². The summed E-state index contributed by atoms with van der Waals surface area (Å²) in [5.41, 5.74) is 3.47. The quantitative estimate of drug-likeness (QED) is 0.758. The molecule has 3 aromatic rings. The van der Waals surface area contributed by atoms with Crippen molar-refractivity contribution in [3.63, 3.8) is 0 Å². The molecule has 27 heavy (non-hydrogen) atoms. The van der Waals surface area contributed by atoms with Gasteiger partial charge in [-0.3, -0.25) is 4.79 Å². The van der Waals surface area contributed by atoms with E-state index in [1.165, 1.54) is 0 Å². The predicted molar refractivity (Wildman–Crippen MR) is 102 cm³/mol. The van der Waals surface area contributed by atoms with Gasteiger partial charge in [-0.15, -0.1) is 4.90 Å². The first-order valence-corrected chi connectivity index (χ1v) is 9.03. The molecule has 0 saturated carbocycles. The van der Waals surface area contributed by atoms with E-state index in [0.717, 1.165) is 29.1 Å². The summed E-state index contributed by atoms with van der Waals surface area (Å²) in [5.74, 6) is 0. The molecule has 6 nitrogen and oxygen atoms in total. The summed E-state index contributed by atoms with van der Waals surface area (Å²) in [5, 5.41) is 3.25. The average Bonchev–Trinajstić information content (AvgIpc) is 2.99. The van der Waals surface area contributed by atoms with Crippen LogP contribution in [-0.2, 0) is 11.3 Å². The Morgan fingerprint density at radius 1 is 1.00 bits per heavy atom. The molecule has 0 atom stereocenters. The van der Waals surface area contributed by atoms with Crippen LogP contribution in [0.2, 0.25) is 0 Å². The van der Waals surface area contributed by atoms with Crippen molar-refractivity contribution >= 4 is 11.4 Å². The molecular weight excluding hydrogens is 347 g/mol. The van der Waals surface area contributed by atoms with Crippen LogP contribution in [0.25, 0.3) is 16.9 Å². The van der Waals surface area contributed by atoms with Crippen molar-refractivity contribution in [1.29, 1.82) is 0 Å². The van der Waals surface area contributed by atoms with Gasteiger partial charge in [0.15, 0.2) is 0 Å². The number of fused-ring (bicyclic) bond motifs is 3. The average molecular weight is 366 g/mol. The number of morpholine rings is 1. The largest absolute Gasteiger partial charge is 0.380 e. The summed E-state index contributed by atoms with van der Waals surface area (Å²) in [6.07, 6.45) is 0. The number of hydrogen-bond acceptors (Lipinski definition) is 4. The molecule has 0 aliphatic carbocycles. The fourth-order valence-corrected chi connectivity index (χ4v) is 3.81. The van der Waals surface area contributed by atoms with E-state index in [1.807, 2.05) is 24.3 Å². The number of hydrogen-bond donors (Lipinski definition) is 1. The topological polar surface area (TPSA) is 51.4 Å². The van der Waals surface area contributed by atoms with Crippen LogP contribution < -0.4 is 15.8 Å². The van der Waals surface area contributed by atoms with E-state index in [9.17, 15) is 4.79 Å². The summed E-state index contributed by atoms with van der Waals surface area (Å²) < 4.78 is 21.8. The van der Waals surface area contributed by atoms with Gasteiger partial charge < -0.3 is 15.0 Å². The van der Waals surface area contributed by atoms with Gasteiger partial charge >= 0.3 is 0 Å². The van der Waals surface area contributed by atoms with Gasteiger partial charge in [0.25, 0.3) is 5.56 Å². The second-order valence-electron chi connectivity index (χ2n) is 6.72. The summed E-state index contributed by atoms with van der Waals surface area (Å²) in [4.78, 5) is 15.6. The molecule has 0 bridgehead atoms. The van der Waals surface area contributed by atoms with Gasteiger partial charge in [-0.25, -0.2) is 0 Å². The fourth-order valence-electron chi connectivity index (χ4n) is 3.81. The summed E-state index contributed by atoms with van der Waals surface area (Å²) in [6.45, 7) is 3.26. The number of anilines is 2. The van der Waals surface area contributed by atoms with Crippen molar-refractivity contribution < 1.29 is 9.22 Å². The van der Waals surface area contributed by atoms with Crippen molar-refractivity contribution in [3.05, 3.63) is 64.4 Å². The van der Waals surface area contributed by atoms with Crippen LogP contribution in [0, 0.1) is 0 Å². The maximum absolute atomic E-state index is 15.3. The Balaban J connectivity index is 1.66. The van der Waals surface area contributed by atoms with Crippen molar-refractivity contribution in [2.24, 2.45) is 0 Å². The summed E-state index contributed by atoms with van der Waals surface area (Å²) in [7, 11) is 0. The number of nitrogens with zero attached hydrogens (tertiary/aromatic N) is 3. The van der Waals surface area contributed by atoms with Gasteiger partial charge in [0.2, 0.25) is 0 Å². The zero-order valence-electron chi connectivity index (χ0n) is 14.7. The molecule has 0 unspecified atom stereocenters. The van der Waals surface area contributed by atoms with E-state index < -0.39 is 0 Å². The predicted octanol–water partition coefficient (Wildman–Crippen LogP) is 2.80. The molecule has 0 spiro atoms. The molecule has 1 aromatic heterocycles. The molecule has 1 saturated heterocycles. The molecule has 2 aromatic carbocycles. The number of benzene rings is 2. The third kappa shape index (κ3) is 2.54. The molecule has 1 N–H and O–H groups in total. The lowest BCUT2D eigenvalue weighted by atomic mass is 10.0. The SMILES string of the molecule is O=c1c2c(n(F)n1-c1ccccc1)-c1cc(N3CCOCC3)ccc1NC2. The fraction of sp³-hybridized carbons (Fsp3) is 0.250. The molecular formula is C20H19FN4O2. The monoisotopic (exact) mass is 366 g/mol. The Bertz CT molecular complexity index is 1050. The minimum absolute atomic E-state index is 0.307. The van der Waals surface area contributed by atoms with Crippen molar-refractivity contribution in [1.82, 2.24) is 9.59 Å². The van der Waals surface area contributed by atoms with Crippen molar-refractivity contribution in [3.8, 4) is 16.9 Å². The van der Waals surface area contributed by atoms with E-state index in [4.69, 9.17) is 4.74 Å². The Hall–Kier alpha value is -3.06. The minimum Gasteiger partial charge on any atom is -0.380 e. The highest BCUT2D eigenvalue weighted by Gasteiger charge is 2.28. The van der Waals surface area contributed by atoms with E-state index in [-0.39, 0.29) is 5.56 Å². The third-order valence-corrected chi connectivity index (χ3v) is 5.19. The van der Waals surface area contributed by atoms with Crippen LogP contribution in [-0.4, -0.2) is 35.9 Å². The maximum Gasteiger partial charge on any atom is 0.279 e. The Morgan fingerprint density at radius 3 is 2.56 bits per heavy atom. The van der Waals surface area contributed by atoms with Crippen LogP contribution in [0.3, 0.4) is 0 Å². The van der Waals surface area contributed by atoms with Gasteiger partial charge in [-0.1, -0.05) is 22.7 Å². The second-order valence-corrected chi connectivity index (χ2v) is 6.72. The maximum atomic E-state index is 15.3. The lowest BCUT2D eigenvalue weighted by Crippen LogP contribution is -2.36. The molecule has 3 heterocycles. The highest BCUT2D eigenvalue weighted by atomic mass is 19.2. The molecule has 2 aliphatic heterocycles. The molecule has 7 heteroatoms. The van der Waals surface area contributed by atoms with Gasteiger partial charge in [0.1, 0.15) is 5.69 Å². The van der Waals surface area contributed by atoms with Gasteiger partial charge in [-0.2, -0.15) is 4.68 Å². The van der Waals surface area contributed by atoms with E-state index >= 15 is 4.48 Å². The lowest BCUT2D eigenvalue weighted by molar-refractivity contribution is 0.122. The number of ether oxygens (including phenoxy) is 1. The first-order chi connectivity index (χ1) is 13.2. The zero-order chi connectivity index (χ0) is 18.4. The molecule has 138 valence electrons. The van der Waals surface area contributed by atoms with Crippen LogP contribution in [0.4, 0.5) is 15.9 Å². The van der Waals surface area contributed by atoms with E-state index in [1.54, 1.807) is 24.3 Å². The smallest absolute Gasteiger partial charge is 0.279 e. The van der Waals surface area contributed by atoms with E-state index in [0.29, 0.717) is 47.2 Å². The Labute approximate surface area is 155 Å². The van der Waals surface area contributed by atoms with Crippen LogP contribution in [0.1, 0.15) is 5.56 Å². The highest BCUT2D eigenvalue weighted by molar-refractivity contribution is 5.83. The lowest BCUT2D eigenvalue weighted by Gasteiger charge is -2.30. The van der Waals surface area contributed by atoms with E-state index in [2.05, 4.69) is 10.2 Å². The first-order valence-electron chi connectivity index (χ1n) is 9.03. The number of halogens is 1. The number of aromatic nitrogens is 2. The Kier molecular flexibility index (Phi) is 3.75. The molecule has 0 radical (unpaired) electrons. The molecule has 0 amide bonds. The number of rotatable bonds is 2. The molecule has 5 rings (SSSR count). The standard InChI is InChI=1S/C20H19FN4O2/c21-25-19-16-12-15(23-8-10-27-11-9-23)6-7-18(16)22-13-17(19)20(26)24(25)14-4-2-1-3-5-14/h1-7,12,22H,8-11,13H2. The number of nitrogens with one attached hydrogen (secondary N) is 1. The summed E-state index contributed by atoms with van der Waals surface area (Å²) in [6, 6.07) is 14.8. The summed E-state index contributed by atoms with van der Waals surface area (Å²) >= 11 is 0. The minimum atomic E-state index is -0.339. The van der Waals surface area contributed by atoms with Crippen molar-refractivity contribution in [2.45, 2.75) is 6.54 Å². The van der Waals surface area contributed by atoms with Crippen LogP contribution >= 0.6 is 0 Å². The van der Waals surface area contributed by atoms with Gasteiger partial charge in [0, 0.05) is 36.6 Å². The molecule has 1 fully saturated rings. The number of para-hydroxylation sites is 1. The zero-order valence-corrected chi connectivity index (χ0v) is 14.7. The second kappa shape index (κ2) is 6.28. The third-order valence-electron chi connectivity index (χ3n) is 5.19.